The first kappa shape index (κ1) is 23.2. The minimum absolute atomic E-state index is 0.302. The lowest BCUT2D eigenvalue weighted by molar-refractivity contribution is -0.122. The molecule has 2 rings (SSSR count). The van der Waals surface area contributed by atoms with Gasteiger partial charge in [0.2, 0.25) is 5.91 Å². The van der Waals surface area contributed by atoms with E-state index in [0.717, 1.165) is 5.56 Å². The third kappa shape index (κ3) is 7.40. The van der Waals surface area contributed by atoms with Gasteiger partial charge in [0, 0.05) is 0 Å². The normalized spacial score (nSPS) is 13.1. The summed E-state index contributed by atoms with van der Waals surface area (Å²) in [5, 5.41) is 5.42. The first-order chi connectivity index (χ1) is 14.2. The van der Waals surface area contributed by atoms with Crippen molar-refractivity contribution in [1.82, 2.24) is 5.32 Å². The average molecular weight is 415 g/mol. The lowest BCUT2D eigenvalue weighted by atomic mass is 10.1. The van der Waals surface area contributed by atoms with Gasteiger partial charge >= 0.3 is 6.09 Å². The van der Waals surface area contributed by atoms with E-state index in [4.69, 9.17) is 14.2 Å². The van der Waals surface area contributed by atoms with Crippen molar-refractivity contribution in [3.63, 3.8) is 0 Å². The van der Waals surface area contributed by atoms with Crippen molar-refractivity contribution in [2.75, 3.05) is 12.4 Å². The van der Waals surface area contributed by atoms with Crippen LogP contribution in [-0.2, 0) is 20.9 Å². The fraction of sp³-hybridized carbons (Fsp3) is 0.391. The molecule has 162 valence electrons. The van der Waals surface area contributed by atoms with Gasteiger partial charge in [-0.1, -0.05) is 42.5 Å². The van der Waals surface area contributed by atoms with E-state index in [1.807, 2.05) is 30.3 Å². The van der Waals surface area contributed by atoms with E-state index < -0.39 is 29.7 Å². The molecule has 2 aromatic rings. The largest absolute Gasteiger partial charge is 0.495 e. The van der Waals surface area contributed by atoms with E-state index in [2.05, 4.69) is 10.6 Å². The van der Waals surface area contributed by atoms with Crippen molar-refractivity contribution < 1.29 is 23.8 Å². The Morgan fingerprint density at radius 3 is 2.27 bits per heavy atom. The minimum Gasteiger partial charge on any atom is -0.495 e. The molecule has 2 N–H and O–H groups in total. The Bertz CT molecular complexity index is 833. The van der Waals surface area contributed by atoms with Gasteiger partial charge in [-0.15, -0.1) is 0 Å². The quantitative estimate of drug-likeness (QED) is 0.678. The number of nitrogens with one attached hydrogen (secondary N) is 2. The second kappa shape index (κ2) is 10.6. The molecule has 0 fully saturated rings. The molecule has 0 spiro atoms. The maximum Gasteiger partial charge on any atom is 0.408 e. The van der Waals surface area contributed by atoms with E-state index >= 15 is 0 Å². The van der Waals surface area contributed by atoms with Crippen molar-refractivity contribution in [3.8, 4) is 5.75 Å². The fourth-order valence-electron chi connectivity index (χ4n) is 2.69. The zero-order chi connectivity index (χ0) is 22.1. The third-order valence-electron chi connectivity index (χ3n) is 4.14. The van der Waals surface area contributed by atoms with Crippen LogP contribution < -0.4 is 15.4 Å². The van der Waals surface area contributed by atoms with Crippen molar-refractivity contribution in [3.05, 3.63) is 60.2 Å². The molecule has 0 aliphatic carbocycles. The van der Waals surface area contributed by atoms with Crippen LogP contribution in [0.25, 0.3) is 0 Å². The number of ether oxygens (including phenoxy) is 3. The molecule has 0 heterocycles. The summed E-state index contributed by atoms with van der Waals surface area (Å²) in [6.45, 7) is 7.30. The van der Waals surface area contributed by atoms with Crippen molar-refractivity contribution in [1.29, 1.82) is 0 Å². The maximum absolute atomic E-state index is 13.0. The molecule has 30 heavy (non-hydrogen) atoms. The van der Waals surface area contributed by atoms with E-state index in [0.29, 0.717) is 18.0 Å². The van der Waals surface area contributed by atoms with Gasteiger partial charge in [-0.2, -0.15) is 0 Å². The zero-order valence-electron chi connectivity index (χ0n) is 18.1. The summed E-state index contributed by atoms with van der Waals surface area (Å²) in [5.74, 6) is 0.0747. The molecule has 7 nitrogen and oxygen atoms in total. The smallest absolute Gasteiger partial charge is 0.408 e. The Hall–Kier alpha value is -3.06. The fourth-order valence-corrected chi connectivity index (χ4v) is 2.69. The highest BCUT2D eigenvalue weighted by Crippen LogP contribution is 2.23. The maximum atomic E-state index is 13.0. The standard InChI is InChI=1S/C23H30N2O5/c1-16(29-15-17-11-7-6-8-12-17)20(25-22(27)30-23(2,3)4)21(26)24-18-13-9-10-14-19(18)28-5/h6-14,16,20H,15H2,1-5H3,(H,24,26)(H,25,27)/t16-,20-/m0/s1. The lowest BCUT2D eigenvalue weighted by Crippen LogP contribution is -2.52. The van der Waals surface area contributed by atoms with Crippen LogP contribution in [0.15, 0.2) is 54.6 Å². The number of amides is 2. The van der Waals surface area contributed by atoms with Crippen molar-refractivity contribution in [2.45, 2.75) is 52.0 Å². The summed E-state index contributed by atoms with van der Waals surface area (Å²) in [6, 6.07) is 15.7. The number of carbonyl (C=O) groups is 2. The number of hydrogen-bond donors (Lipinski definition) is 2. The number of rotatable bonds is 8. The number of alkyl carbamates (subject to hydrolysis) is 1. The van der Waals surface area contributed by atoms with Crippen molar-refractivity contribution in [2.24, 2.45) is 0 Å². The Kier molecular flexibility index (Phi) is 8.24. The number of hydrogen-bond acceptors (Lipinski definition) is 5. The number of para-hydroxylation sites is 2. The van der Waals surface area contributed by atoms with Crippen LogP contribution in [-0.4, -0.2) is 36.9 Å². The molecule has 0 radical (unpaired) electrons. The van der Waals surface area contributed by atoms with Gasteiger partial charge in [0.05, 0.1) is 25.5 Å². The van der Waals surface area contributed by atoms with Crippen LogP contribution in [0.5, 0.6) is 5.75 Å². The molecule has 0 aliphatic rings. The number of carbonyl (C=O) groups excluding carboxylic acids is 2. The molecular formula is C23H30N2O5. The van der Waals surface area contributed by atoms with Gasteiger partial charge in [0.1, 0.15) is 17.4 Å². The Morgan fingerprint density at radius 1 is 1.00 bits per heavy atom. The highest BCUT2D eigenvalue weighted by Gasteiger charge is 2.30. The molecule has 2 aromatic carbocycles. The van der Waals surface area contributed by atoms with Crippen LogP contribution in [0, 0.1) is 0 Å². The molecule has 2 amide bonds. The van der Waals surface area contributed by atoms with Crippen LogP contribution in [0.2, 0.25) is 0 Å². The number of methoxy groups -OCH3 is 1. The Labute approximate surface area is 177 Å². The summed E-state index contributed by atoms with van der Waals surface area (Å²) < 4.78 is 16.5. The Morgan fingerprint density at radius 2 is 1.63 bits per heavy atom. The molecular weight excluding hydrogens is 384 g/mol. The molecule has 0 saturated carbocycles. The summed E-state index contributed by atoms with van der Waals surface area (Å²) in [6.07, 6.45) is -1.31. The second-order valence-corrected chi connectivity index (χ2v) is 7.82. The van der Waals surface area contributed by atoms with Gasteiger partial charge in [0.15, 0.2) is 0 Å². The monoisotopic (exact) mass is 414 g/mol. The highest BCUT2D eigenvalue weighted by atomic mass is 16.6. The zero-order valence-corrected chi connectivity index (χ0v) is 18.1. The molecule has 0 saturated heterocycles. The molecule has 0 bridgehead atoms. The van der Waals surface area contributed by atoms with Crippen LogP contribution in [0.3, 0.4) is 0 Å². The SMILES string of the molecule is COc1ccccc1NC(=O)[C@@H](NC(=O)OC(C)(C)C)[C@H](C)OCc1ccccc1. The van der Waals surface area contributed by atoms with Gasteiger partial charge in [-0.25, -0.2) is 4.79 Å². The molecule has 2 atom stereocenters. The van der Waals surface area contributed by atoms with E-state index in [-0.39, 0.29) is 0 Å². The summed E-state index contributed by atoms with van der Waals surface area (Å²) >= 11 is 0. The van der Waals surface area contributed by atoms with Crippen LogP contribution in [0.4, 0.5) is 10.5 Å². The Balaban J connectivity index is 2.14. The van der Waals surface area contributed by atoms with Gasteiger partial charge in [0.25, 0.3) is 0 Å². The van der Waals surface area contributed by atoms with Crippen LogP contribution >= 0.6 is 0 Å². The molecule has 0 aromatic heterocycles. The third-order valence-corrected chi connectivity index (χ3v) is 4.14. The van der Waals surface area contributed by atoms with Gasteiger partial charge < -0.3 is 24.8 Å². The average Bonchev–Trinajstić information content (AvgIpc) is 2.70. The number of anilines is 1. The minimum atomic E-state index is -0.978. The molecule has 7 heteroatoms. The van der Waals surface area contributed by atoms with E-state index in [9.17, 15) is 9.59 Å². The highest BCUT2D eigenvalue weighted by molar-refractivity contribution is 5.98. The first-order valence-corrected chi connectivity index (χ1v) is 9.78. The molecule has 0 aliphatic heterocycles. The van der Waals surface area contributed by atoms with Gasteiger partial charge in [-0.05, 0) is 45.4 Å². The van der Waals surface area contributed by atoms with Crippen molar-refractivity contribution >= 4 is 17.7 Å². The topological polar surface area (TPSA) is 85.9 Å². The predicted octanol–water partition coefficient (Wildman–Crippen LogP) is 4.13. The predicted molar refractivity (Wildman–Crippen MR) is 115 cm³/mol. The summed E-state index contributed by atoms with van der Waals surface area (Å²) in [7, 11) is 1.52. The summed E-state index contributed by atoms with van der Waals surface area (Å²) in [4.78, 5) is 25.4. The first-order valence-electron chi connectivity index (χ1n) is 9.78. The van der Waals surface area contributed by atoms with Gasteiger partial charge in [-0.3, -0.25) is 4.79 Å². The molecule has 0 unspecified atom stereocenters. The summed E-state index contributed by atoms with van der Waals surface area (Å²) in [5.41, 5.74) is 0.767. The number of benzene rings is 2. The van der Waals surface area contributed by atoms with Crippen LogP contribution in [0.1, 0.15) is 33.3 Å². The second-order valence-electron chi connectivity index (χ2n) is 7.82. The van der Waals surface area contributed by atoms with E-state index in [1.54, 1.807) is 52.0 Å². The lowest BCUT2D eigenvalue weighted by Gasteiger charge is -2.27. The van der Waals surface area contributed by atoms with E-state index in [1.165, 1.54) is 7.11 Å².